The average Bonchev–Trinajstić information content (AvgIpc) is 2.75. The summed E-state index contributed by atoms with van der Waals surface area (Å²) in [5, 5.41) is 12.1. The minimum Gasteiger partial charge on any atom is -0.477 e. The van der Waals surface area contributed by atoms with E-state index in [0.29, 0.717) is 18.7 Å². The highest BCUT2D eigenvalue weighted by Gasteiger charge is 2.13. The molecule has 0 unspecified atom stereocenters. The molecule has 0 fully saturated rings. The van der Waals surface area contributed by atoms with Gasteiger partial charge in [-0.05, 0) is 25.6 Å². The number of hydrogen-bond acceptors (Lipinski definition) is 5. The van der Waals surface area contributed by atoms with Crippen molar-refractivity contribution in [1.29, 1.82) is 0 Å². The molecule has 100 valence electrons. The molecule has 0 saturated heterocycles. The summed E-state index contributed by atoms with van der Waals surface area (Å²) in [4.78, 5) is 21.4. The fraction of sp³-hybridized carbons (Fsp3) is 0.308. The monoisotopic (exact) mass is 277 g/mol. The molecular weight excluding hydrogens is 262 g/mol. The van der Waals surface area contributed by atoms with Crippen molar-refractivity contribution >= 4 is 17.3 Å². The van der Waals surface area contributed by atoms with Crippen LogP contribution in [0.15, 0.2) is 23.7 Å². The van der Waals surface area contributed by atoms with Gasteiger partial charge in [-0.2, -0.15) is 0 Å². The van der Waals surface area contributed by atoms with Crippen LogP contribution in [0.1, 0.15) is 26.8 Å². The summed E-state index contributed by atoms with van der Waals surface area (Å²) in [6.07, 6.45) is 1.50. The molecule has 19 heavy (non-hydrogen) atoms. The predicted octanol–water partition coefficient (Wildman–Crippen LogP) is 2.18. The molecule has 0 radical (unpaired) electrons. The first-order valence-electron chi connectivity index (χ1n) is 5.83. The number of aromatic nitrogens is 2. The first kappa shape index (κ1) is 13.6. The Kier molecular flexibility index (Phi) is 4.24. The number of carboxylic acids is 1. The number of thiazole rings is 1. The molecule has 2 rings (SSSR count). The second-order valence-electron chi connectivity index (χ2n) is 4.35. The third-order valence-electron chi connectivity index (χ3n) is 2.63. The van der Waals surface area contributed by atoms with Crippen molar-refractivity contribution in [3.63, 3.8) is 0 Å². The Morgan fingerprint density at radius 2 is 2.26 bits per heavy atom. The van der Waals surface area contributed by atoms with Crippen molar-refractivity contribution in [2.24, 2.45) is 0 Å². The summed E-state index contributed by atoms with van der Waals surface area (Å²) >= 11 is 1.62. The van der Waals surface area contributed by atoms with E-state index in [0.717, 1.165) is 10.7 Å². The van der Waals surface area contributed by atoms with Crippen molar-refractivity contribution in [3.05, 3.63) is 45.7 Å². The topological polar surface area (TPSA) is 66.3 Å². The summed E-state index contributed by atoms with van der Waals surface area (Å²) < 4.78 is 0. The Morgan fingerprint density at radius 3 is 2.89 bits per heavy atom. The second-order valence-corrected chi connectivity index (χ2v) is 5.41. The number of carbonyl (C=O) groups is 1. The Hall–Kier alpha value is -1.79. The SMILES string of the molecule is Cc1nc(CN(C)Cc2cccnc2C(=O)O)cs1. The van der Waals surface area contributed by atoms with Gasteiger partial charge in [0.2, 0.25) is 0 Å². The van der Waals surface area contributed by atoms with E-state index in [9.17, 15) is 4.79 Å². The summed E-state index contributed by atoms with van der Waals surface area (Å²) in [5.41, 5.74) is 1.83. The summed E-state index contributed by atoms with van der Waals surface area (Å²) in [6.45, 7) is 3.20. The number of hydrogen-bond donors (Lipinski definition) is 1. The Morgan fingerprint density at radius 1 is 1.47 bits per heavy atom. The molecule has 2 heterocycles. The molecule has 2 aromatic heterocycles. The van der Waals surface area contributed by atoms with Crippen molar-refractivity contribution in [3.8, 4) is 0 Å². The average molecular weight is 277 g/mol. The van der Waals surface area contributed by atoms with Gasteiger partial charge in [0, 0.05) is 24.7 Å². The summed E-state index contributed by atoms with van der Waals surface area (Å²) in [5.74, 6) is -0.992. The summed E-state index contributed by atoms with van der Waals surface area (Å²) in [6, 6.07) is 3.54. The molecule has 0 bridgehead atoms. The van der Waals surface area contributed by atoms with Crippen LogP contribution in [0.2, 0.25) is 0 Å². The molecule has 0 aliphatic carbocycles. The van der Waals surface area contributed by atoms with Gasteiger partial charge < -0.3 is 5.11 Å². The van der Waals surface area contributed by atoms with Crippen LogP contribution >= 0.6 is 11.3 Å². The smallest absolute Gasteiger partial charge is 0.354 e. The molecule has 0 aliphatic rings. The van der Waals surface area contributed by atoms with Crippen LogP contribution in [-0.4, -0.2) is 33.0 Å². The third kappa shape index (κ3) is 3.59. The molecular formula is C13H15N3O2S. The maximum atomic E-state index is 11.1. The van der Waals surface area contributed by atoms with Crippen LogP contribution in [0, 0.1) is 6.92 Å². The lowest BCUT2D eigenvalue weighted by Crippen LogP contribution is -2.19. The molecule has 6 heteroatoms. The van der Waals surface area contributed by atoms with Gasteiger partial charge in [0.05, 0.1) is 10.7 Å². The van der Waals surface area contributed by atoms with E-state index >= 15 is 0 Å². The molecule has 0 aliphatic heterocycles. The van der Waals surface area contributed by atoms with Gasteiger partial charge in [-0.1, -0.05) is 6.07 Å². The lowest BCUT2D eigenvalue weighted by atomic mass is 10.2. The van der Waals surface area contributed by atoms with Crippen LogP contribution in [0.4, 0.5) is 0 Å². The zero-order valence-corrected chi connectivity index (χ0v) is 11.6. The Balaban J connectivity index is 2.06. The van der Waals surface area contributed by atoms with Gasteiger partial charge in [0.25, 0.3) is 0 Å². The van der Waals surface area contributed by atoms with E-state index in [1.54, 1.807) is 23.5 Å². The fourth-order valence-corrected chi connectivity index (χ4v) is 2.47. The number of carboxylic acid groups (broad SMARTS) is 1. The first-order chi connectivity index (χ1) is 9.06. The molecule has 0 amide bonds. The highest BCUT2D eigenvalue weighted by Crippen LogP contribution is 2.13. The van der Waals surface area contributed by atoms with Gasteiger partial charge in [-0.25, -0.2) is 14.8 Å². The number of aromatic carboxylic acids is 1. The first-order valence-corrected chi connectivity index (χ1v) is 6.71. The van der Waals surface area contributed by atoms with Crippen molar-refractivity contribution in [2.75, 3.05) is 7.05 Å². The highest BCUT2D eigenvalue weighted by molar-refractivity contribution is 7.09. The molecule has 0 atom stereocenters. The number of nitrogens with zero attached hydrogens (tertiary/aromatic N) is 3. The zero-order chi connectivity index (χ0) is 13.8. The maximum Gasteiger partial charge on any atom is 0.354 e. The number of pyridine rings is 1. The van der Waals surface area contributed by atoms with E-state index < -0.39 is 5.97 Å². The zero-order valence-electron chi connectivity index (χ0n) is 10.8. The normalized spacial score (nSPS) is 10.9. The van der Waals surface area contributed by atoms with Crippen LogP contribution in [0.5, 0.6) is 0 Å². The molecule has 1 N–H and O–H groups in total. The van der Waals surface area contributed by atoms with Gasteiger partial charge >= 0.3 is 5.97 Å². The second kappa shape index (κ2) is 5.90. The largest absolute Gasteiger partial charge is 0.477 e. The van der Waals surface area contributed by atoms with Gasteiger partial charge in [0.1, 0.15) is 0 Å². The van der Waals surface area contributed by atoms with E-state index in [1.807, 2.05) is 24.3 Å². The van der Waals surface area contributed by atoms with Gasteiger partial charge in [0.15, 0.2) is 5.69 Å². The van der Waals surface area contributed by atoms with Crippen LogP contribution in [0.25, 0.3) is 0 Å². The third-order valence-corrected chi connectivity index (χ3v) is 3.45. The van der Waals surface area contributed by atoms with Crippen molar-refractivity contribution in [2.45, 2.75) is 20.0 Å². The van der Waals surface area contributed by atoms with Crippen molar-refractivity contribution in [1.82, 2.24) is 14.9 Å². The van der Waals surface area contributed by atoms with Crippen LogP contribution < -0.4 is 0 Å². The van der Waals surface area contributed by atoms with Gasteiger partial charge in [-0.15, -0.1) is 11.3 Å². The van der Waals surface area contributed by atoms with E-state index in [1.165, 1.54) is 6.20 Å². The molecule has 0 saturated carbocycles. The maximum absolute atomic E-state index is 11.1. The number of rotatable bonds is 5. The van der Waals surface area contributed by atoms with E-state index in [-0.39, 0.29) is 5.69 Å². The van der Waals surface area contributed by atoms with Crippen LogP contribution in [-0.2, 0) is 13.1 Å². The van der Waals surface area contributed by atoms with E-state index in [2.05, 4.69) is 9.97 Å². The molecule has 0 aromatic carbocycles. The minimum absolute atomic E-state index is 0.115. The van der Waals surface area contributed by atoms with Crippen LogP contribution in [0.3, 0.4) is 0 Å². The standard InChI is InChI=1S/C13H15N3O2S/c1-9-15-11(8-19-9)7-16(2)6-10-4-3-5-14-12(10)13(17)18/h3-5,8H,6-7H2,1-2H3,(H,17,18). The molecule has 0 spiro atoms. The Labute approximate surface area is 115 Å². The van der Waals surface area contributed by atoms with Crippen molar-refractivity contribution < 1.29 is 9.90 Å². The summed E-state index contributed by atoms with van der Waals surface area (Å²) in [7, 11) is 1.94. The number of aryl methyl sites for hydroxylation is 1. The van der Waals surface area contributed by atoms with Gasteiger partial charge in [-0.3, -0.25) is 4.90 Å². The highest BCUT2D eigenvalue weighted by atomic mass is 32.1. The molecule has 2 aromatic rings. The minimum atomic E-state index is -0.992. The quantitative estimate of drug-likeness (QED) is 0.907. The lowest BCUT2D eigenvalue weighted by Gasteiger charge is -2.16. The Bertz CT molecular complexity index is 583. The van der Waals surface area contributed by atoms with E-state index in [4.69, 9.17) is 5.11 Å². The lowest BCUT2D eigenvalue weighted by molar-refractivity contribution is 0.0688. The predicted molar refractivity (Wildman–Crippen MR) is 73.2 cm³/mol. The molecule has 5 nitrogen and oxygen atoms in total. The fourth-order valence-electron chi connectivity index (χ4n) is 1.86.